The Kier molecular flexibility index (Phi) is 3.57. The summed E-state index contributed by atoms with van der Waals surface area (Å²) in [5, 5.41) is 4.01. The minimum Gasteiger partial charge on any atom is -0.370 e. The lowest BCUT2D eigenvalue weighted by atomic mass is 10.0. The number of fused-ring (bicyclic) bond motifs is 1. The molecule has 0 spiro atoms. The van der Waals surface area contributed by atoms with Gasteiger partial charge in [0.1, 0.15) is 5.15 Å². The Balaban J connectivity index is 0.000000963. The second-order valence-electron chi connectivity index (χ2n) is 4.42. The van der Waals surface area contributed by atoms with Gasteiger partial charge in [0.25, 0.3) is 0 Å². The van der Waals surface area contributed by atoms with E-state index in [0.717, 1.165) is 24.9 Å². The summed E-state index contributed by atoms with van der Waals surface area (Å²) in [5.41, 5.74) is 1.20. The first-order valence-corrected chi connectivity index (χ1v) is 5.78. The highest BCUT2D eigenvalue weighted by Gasteiger charge is 2.36. The fourth-order valence-electron chi connectivity index (χ4n) is 2.62. The minimum atomic E-state index is 0. The first-order chi connectivity index (χ1) is 7.33. The molecular formula is C11H15Cl2N3. The molecule has 1 aromatic rings. The third-order valence-corrected chi connectivity index (χ3v) is 3.69. The molecule has 0 aliphatic carbocycles. The summed E-state index contributed by atoms with van der Waals surface area (Å²) < 4.78 is 0. The lowest BCUT2D eigenvalue weighted by Crippen LogP contribution is -2.25. The standard InChI is InChI=1S/C11H14ClN3.ClH/c12-11-2-1-10(5-14-11)15-6-8-3-13-4-9(8)7-15;/h1-2,5,8-9,13H,3-4,6-7H2;1H/t8-,9+;. The average molecular weight is 260 g/mol. The van der Waals surface area contributed by atoms with Gasteiger partial charge in [-0.15, -0.1) is 12.4 Å². The summed E-state index contributed by atoms with van der Waals surface area (Å²) >= 11 is 5.77. The number of aromatic nitrogens is 1. The van der Waals surface area contributed by atoms with Crippen molar-refractivity contribution in [2.24, 2.45) is 11.8 Å². The van der Waals surface area contributed by atoms with Gasteiger partial charge in [0.2, 0.25) is 0 Å². The highest BCUT2D eigenvalue weighted by Crippen LogP contribution is 2.30. The summed E-state index contributed by atoms with van der Waals surface area (Å²) in [6.45, 7) is 4.65. The summed E-state index contributed by atoms with van der Waals surface area (Å²) in [5.74, 6) is 1.64. The molecule has 1 N–H and O–H groups in total. The zero-order chi connectivity index (χ0) is 10.3. The van der Waals surface area contributed by atoms with Crippen LogP contribution in [0.1, 0.15) is 0 Å². The predicted octanol–water partition coefficient (Wildman–Crippen LogP) is 1.81. The maximum Gasteiger partial charge on any atom is 0.129 e. The number of pyridine rings is 1. The van der Waals surface area contributed by atoms with Crippen molar-refractivity contribution in [1.82, 2.24) is 10.3 Å². The van der Waals surface area contributed by atoms with E-state index in [0.29, 0.717) is 5.15 Å². The van der Waals surface area contributed by atoms with E-state index in [4.69, 9.17) is 11.6 Å². The molecule has 2 fully saturated rings. The molecule has 1 aromatic heterocycles. The van der Waals surface area contributed by atoms with Gasteiger partial charge in [-0.25, -0.2) is 4.98 Å². The van der Waals surface area contributed by atoms with E-state index in [2.05, 4.69) is 21.3 Å². The third kappa shape index (κ3) is 2.12. The van der Waals surface area contributed by atoms with E-state index in [9.17, 15) is 0 Å². The van der Waals surface area contributed by atoms with Crippen LogP contribution in [-0.2, 0) is 0 Å². The highest BCUT2D eigenvalue weighted by molar-refractivity contribution is 6.29. The number of rotatable bonds is 1. The fraction of sp³-hybridized carbons (Fsp3) is 0.545. The van der Waals surface area contributed by atoms with E-state index in [1.54, 1.807) is 0 Å². The second kappa shape index (κ2) is 4.78. The lowest BCUT2D eigenvalue weighted by Gasteiger charge is -2.19. The topological polar surface area (TPSA) is 28.2 Å². The number of hydrogen-bond donors (Lipinski definition) is 1. The van der Waals surface area contributed by atoms with E-state index in [1.165, 1.54) is 18.8 Å². The van der Waals surface area contributed by atoms with Gasteiger partial charge in [0, 0.05) is 26.2 Å². The molecule has 2 aliphatic heterocycles. The molecule has 0 saturated carbocycles. The molecule has 3 rings (SSSR count). The normalized spacial score (nSPS) is 27.7. The average Bonchev–Trinajstić information content (AvgIpc) is 2.78. The number of nitrogens with zero attached hydrogens (tertiary/aromatic N) is 2. The second-order valence-corrected chi connectivity index (χ2v) is 4.81. The van der Waals surface area contributed by atoms with Crippen LogP contribution in [0.25, 0.3) is 0 Å². The Hall–Kier alpha value is -0.510. The van der Waals surface area contributed by atoms with Crippen LogP contribution in [0.3, 0.4) is 0 Å². The van der Waals surface area contributed by atoms with E-state index >= 15 is 0 Å². The summed E-state index contributed by atoms with van der Waals surface area (Å²) in [6, 6.07) is 3.92. The van der Waals surface area contributed by atoms with Gasteiger partial charge in [0.05, 0.1) is 11.9 Å². The molecule has 3 nitrogen and oxygen atoms in total. The Morgan fingerprint density at radius 3 is 2.50 bits per heavy atom. The number of anilines is 1. The van der Waals surface area contributed by atoms with Crippen LogP contribution >= 0.6 is 24.0 Å². The van der Waals surface area contributed by atoms with Crippen molar-refractivity contribution in [3.63, 3.8) is 0 Å². The van der Waals surface area contributed by atoms with Crippen LogP contribution in [0, 0.1) is 11.8 Å². The first-order valence-electron chi connectivity index (χ1n) is 5.40. The van der Waals surface area contributed by atoms with Gasteiger partial charge >= 0.3 is 0 Å². The Morgan fingerprint density at radius 2 is 1.94 bits per heavy atom. The monoisotopic (exact) mass is 259 g/mol. The van der Waals surface area contributed by atoms with Crippen molar-refractivity contribution < 1.29 is 0 Å². The fourth-order valence-corrected chi connectivity index (χ4v) is 2.73. The molecule has 3 heterocycles. The summed E-state index contributed by atoms with van der Waals surface area (Å²) in [7, 11) is 0. The minimum absolute atomic E-state index is 0. The molecule has 2 aliphatic rings. The molecule has 2 atom stereocenters. The van der Waals surface area contributed by atoms with Crippen molar-refractivity contribution in [1.29, 1.82) is 0 Å². The van der Waals surface area contributed by atoms with Crippen molar-refractivity contribution >= 4 is 29.7 Å². The molecule has 5 heteroatoms. The van der Waals surface area contributed by atoms with Gasteiger partial charge in [-0.05, 0) is 24.0 Å². The molecule has 0 amide bonds. The van der Waals surface area contributed by atoms with Crippen LogP contribution < -0.4 is 10.2 Å². The number of halogens is 2. The number of hydrogen-bond acceptors (Lipinski definition) is 3. The molecule has 0 bridgehead atoms. The molecule has 16 heavy (non-hydrogen) atoms. The molecule has 0 aromatic carbocycles. The smallest absolute Gasteiger partial charge is 0.129 e. The summed E-state index contributed by atoms with van der Waals surface area (Å²) in [4.78, 5) is 6.54. The van der Waals surface area contributed by atoms with Crippen LogP contribution in [-0.4, -0.2) is 31.2 Å². The van der Waals surface area contributed by atoms with Crippen LogP contribution in [0.4, 0.5) is 5.69 Å². The largest absolute Gasteiger partial charge is 0.370 e. The molecule has 0 radical (unpaired) electrons. The quantitative estimate of drug-likeness (QED) is 0.780. The zero-order valence-corrected chi connectivity index (χ0v) is 10.5. The SMILES string of the molecule is Cl.Clc1ccc(N2C[C@H]3CNC[C@H]3C2)cn1. The summed E-state index contributed by atoms with van der Waals surface area (Å²) in [6.07, 6.45) is 1.87. The van der Waals surface area contributed by atoms with Gasteiger partial charge in [-0.2, -0.15) is 0 Å². The molecule has 88 valence electrons. The van der Waals surface area contributed by atoms with Crippen LogP contribution in [0.15, 0.2) is 18.3 Å². The zero-order valence-electron chi connectivity index (χ0n) is 8.90. The van der Waals surface area contributed by atoms with Gasteiger partial charge in [-0.1, -0.05) is 11.6 Å². The van der Waals surface area contributed by atoms with Gasteiger partial charge in [0.15, 0.2) is 0 Å². The highest BCUT2D eigenvalue weighted by atomic mass is 35.5. The van der Waals surface area contributed by atoms with Crippen molar-refractivity contribution in [2.75, 3.05) is 31.1 Å². The van der Waals surface area contributed by atoms with Gasteiger partial charge < -0.3 is 10.2 Å². The Morgan fingerprint density at radius 1 is 1.25 bits per heavy atom. The van der Waals surface area contributed by atoms with Crippen LogP contribution in [0.5, 0.6) is 0 Å². The van der Waals surface area contributed by atoms with E-state index in [1.807, 2.05) is 12.3 Å². The van der Waals surface area contributed by atoms with Crippen molar-refractivity contribution in [3.05, 3.63) is 23.5 Å². The Bertz CT molecular complexity index is 343. The molecular weight excluding hydrogens is 245 g/mol. The van der Waals surface area contributed by atoms with Crippen molar-refractivity contribution in [2.45, 2.75) is 0 Å². The van der Waals surface area contributed by atoms with E-state index < -0.39 is 0 Å². The van der Waals surface area contributed by atoms with Gasteiger partial charge in [-0.3, -0.25) is 0 Å². The van der Waals surface area contributed by atoms with E-state index in [-0.39, 0.29) is 12.4 Å². The first kappa shape index (κ1) is 12.0. The molecule has 0 unspecified atom stereocenters. The van der Waals surface area contributed by atoms with Crippen molar-refractivity contribution in [3.8, 4) is 0 Å². The molecule has 2 saturated heterocycles. The predicted molar refractivity (Wildman–Crippen MR) is 68.6 cm³/mol. The maximum atomic E-state index is 5.77. The lowest BCUT2D eigenvalue weighted by molar-refractivity contribution is 0.533. The third-order valence-electron chi connectivity index (χ3n) is 3.47. The Labute approximate surface area is 107 Å². The number of nitrogens with one attached hydrogen (secondary N) is 1. The maximum absolute atomic E-state index is 5.77. The van der Waals surface area contributed by atoms with Crippen LogP contribution in [0.2, 0.25) is 5.15 Å².